The summed E-state index contributed by atoms with van der Waals surface area (Å²) < 4.78 is 5.00. The van der Waals surface area contributed by atoms with Gasteiger partial charge in [0.15, 0.2) is 0 Å². The SMILES string of the molecule is Cc1ccc(C23CC2CN(C(=O)[C@H]2C[C@]4(COC(=O)N4)C2)C3)cc1. The third-order valence-corrected chi connectivity index (χ3v) is 6.55. The van der Waals surface area contributed by atoms with Crippen LogP contribution < -0.4 is 5.32 Å². The van der Waals surface area contributed by atoms with E-state index >= 15 is 0 Å². The summed E-state index contributed by atoms with van der Waals surface area (Å²) >= 11 is 0. The topological polar surface area (TPSA) is 58.6 Å². The third kappa shape index (κ3) is 1.93. The van der Waals surface area contributed by atoms with Crippen molar-refractivity contribution >= 4 is 12.0 Å². The molecule has 4 fully saturated rings. The van der Waals surface area contributed by atoms with E-state index in [0.29, 0.717) is 12.5 Å². The number of cyclic esters (lactones) is 1. The van der Waals surface area contributed by atoms with E-state index in [2.05, 4.69) is 41.4 Å². The number of nitrogens with one attached hydrogen (secondary N) is 1. The van der Waals surface area contributed by atoms with Crippen LogP contribution in [-0.2, 0) is 14.9 Å². The number of ether oxygens (including phenoxy) is 1. The number of fused-ring (bicyclic) bond motifs is 1. The van der Waals surface area contributed by atoms with Gasteiger partial charge in [0.05, 0.1) is 5.54 Å². The summed E-state index contributed by atoms with van der Waals surface area (Å²) in [6.45, 7) is 4.25. The van der Waals surface area contributed by atoms with E-state index in [1.807, 2.05) is 0 Å². The Morgan fingerprint density at radius 3 is 2.67 bits per heavy atom. The van der Waals surface area contributed by atoms with Crippen LogP contribution in [0.4, 0.5) is 4.79 Å². The van der Waals surface area contributed by atoms with E-state index in [9.17, 15) is 9.59 Å². The number of hydrogen-bond acceptors (Lipinski definition) is 3. The van der Waals surface area contributed by atoms with Crippen molar-refractivity contribution in [3.05, 3.63) is 35.4 Å². The molecule has 2 heterocycles. The highest BCUT2D eigenvalue weighted by Crippen LogP contribution is 2.59. The summed E-state index contributed by atoms with van der Waals surface area (Å²) in [4.78, 5) is 26.1. The first-order valence-electron chi connectivity index (χ1n) is 8.81. The van der Waals surface area contributed by atoms with Crippen molar-refractivity contribution in [3.63, 3.8) is 0 Å². The molecule has 0 aromatic heterocycles. The Bertz CT molecular complexity index is 723. The predicted octanol–water partition coefficient (Wildman–Crippen LogP) is 1.98. The number of likely N-dealkylation sites (tertiary alicyclic amines) is 1. The number of benzene rings is 1. The second kappa shape index (κ2) is 4.52. The first-order chi connectivity index (χ1) is 11.5. The average Bonchev–Trinajstić information content (AvgIpc) is 2.90. The maximum Gasteiger partial charge on any atom is 0.407 e. The van der Waals surface area contributed by atoms with Gasteiger partial charge < -0.3 is 15.0 Å². The van der Waals surface area contributed by atoms with Gasteiger partial charge in [-0.25, -0.2) is 4.79 Å². The molecule has 2 aliphatic carbocycles. The fraction of sp³-hybridized carbons (Fsp3) is 0.579. The summed E-state index contributed by atoms with van der Waals surface area (Å²) in [6, 6.07) is 8.80. The number of rotatable bonds is 2. The number of nitrogens with zero attached hydrogens (tertiary/aromatic N) is 1. The highest BCUT2D eigenvalue weighted by atomic mass is 16.6. The monoisotopic (exact) mass is 326 g/mol. The molecule has 2 atom stereocenters. The molecule has 5 nitrogen and oxygen atoms in total. The molecule has 24 heavy (non-hydrogen) atoms. The standard InChI is InChI=1S/C19H22N2O3/c1-12-2-4-14(5-3-12)19-8-15(19)9-21(10-19)16(22)13-6-18(7-13)11-24-17(23)20-18/h2-5,13,15H,6-11H2,1H3,(H,20,23)/t13-,15?,18+,19?. The second-order valence-electron chi connectivity index (χ2n) is 8.23. The number of alkyl carbamates (subject to hydrolysis) is 1. The molecule has 0 radical (unpaired) electrons. The molecule has 0 bridgehead atoms. The van der Waals surface area contributed by atoms with Gasteiger partial charge in [0, 0.05) is 24.4 Å². The van der Waals surface area contributed by atoms with Gasteiger partial charge in [0.2, 0.25) is 5.91 Å². The molecule has 2 saturated heterocycles. The lowest BCUT2D eigenvalue weighted by molar-refractivity contribution is -0.140. The number of carbonyl (C=O) groups excluding carboxylic acids is 2. The molecule has 1 N–H and O–H groups in total. The Kier molecular flexibility index (Phi) is 2.70. The summed E-state index contributed by atoms with van der Waals surface area (Å²) in [7, 11) is 0. The fourth-order valence-corrected chi connectivity index (χ4v) is 5.01. The van der Waals surface area contributed by atoms with Crippen LogP contribution >= 0.6 is 0 Å². The van der Waals surface area contributed by atoms with Crippen LogP contribution in [-0.4, -0.2) is 42.1 Å². The minimum Gasteiger partial charge on any atom is -0.447 e. The van der Waals surface area contributed by atoms with Gasteiger partial charge >= 0.3 is 6.09 Å². The van der Waals surface area contributed by atoms with Crippen LogP contribution in [0.25, 0.3) is 0 Å². The van der Waals surface area contributed by atoms with Crippen LogP contribution in [0, 0.1) is 18.8 Å². The molecule has 2 amide bonds. The molecule has 1 spiro atoms. The Balaban J connectivity index is 1.25. The predicted molar refractivity (Wildman–Crippen MR) is 87.5 cm³/mol. The zero-order chi connectivity index (χ0) is 16.5. The van der Waals surface area contributed by atoms with E-state index in [4.69, 9.17) is 4.74 Å². The first-order valence-corrected chi connectivity index (χ1v) is 8.81. The van der Waals surface area contributed by atoms with Gasteiger partial charge in [-0.3, -0.25) is 4.79 Å². The maximum atomic E-state index is 12.8. The van der Waals surface area contributed by atoms with Gasteiger partial charge in [0.25, 0.3) is 0 Å². The molecule has 5 rings (SSSR count). The number of piperidine rings is 1. The quantitative estimate of drug-likeness (QED) is 0.904. The summed E-state index contributed by atoms with van der Waals surface area (Å²) in [5.74, 6) is 0.924. The van der Waals surface area contributed by atoms with Crippen molar-refractivity contribution in [2.45, 2.75) is 37.1 Å². The summed E-state index contributed by atoms with van der Waals surface area (Å²) in [6.07, 6.45) is 2.30. The maximum absolute atomic E-state index is 12.8. The lowest BCUT2D eigenvalue weighted by Crippen LogP contribution is -2.58. The van der Waals surface area contributed by atoms with Crippen molar-refractivity contribution in [1.82, 2.24) is 10.2 Å². The van der Waals surface area contributed by atoms with E-state index < -0.39 is 0 Å². The molecule has 2 unspecified atom stereocenters. The van der Waals surface area contributed by atoms with Crippen LogP contribution in [0.1, 0.15) is 30.4 Å². The zero-order valence-corrected chi connectivity index (χ0v) is 13.9. The highest BCUT2D eigenvalue weighted by molar-refractivity contribution is 5.82. The Morgan fingerprint density at radius 2 is 2.00 bits per heavy atom. The van der Waals surface area contributed by atoms with E-state index in [-0.39, 0.29) is 28.9 Å². The molecule has 1 aromatic rings. The van der Waals surface area contributed by atoms with Crippen molar-refractivity contribution in [1.29, 1.82) is 0 Å². The lowest BCUT2D eigenvalue weighted by atomic mass is 9.68. The second-order valence-corrected chi connectivity index (χ2v) is 8.23. The smallest absolute Gasteiger partial charge is 0.407 e. The molecule has 5 heteroatoms. The minimum atomic E-state index is -0.346. The van der Waals surface area contributed by atoms with Crippen molar-refractivity contribution in [2.75, 3.05) is 19.7 Å². The number of amides is 2. The van der Waals surface area contributed by atoms with E-state index in [0.717, 1.165) is 25.9 Å². The Hall–Kier alpha value is -2.04. The van der Waals surface area contributed by atoms with Gasteiger partial charge in [-0.1, -0.05) is 29.8 Å². The first kappa shape index (κ1) is 14.3. The molecule has 2 saturated carbocycles. The molecular weight excluding hydrogens is 304 g/mol. The lowest BCUT2D eigenvalue weighted by Gasteiger charge is -2.43. The summed E-state index contributed by atoms with van der Waals surface area (Å²) in [5.41, 5.74) is 2.60. The molecule has 2 aliphatic heterocycles. The Morgan fingerprint density at radius 1 is 1.25 bits per heavy atom. The fourth-order valence-electron chi connectivity index (χ4n) is 5.01. The van der Waals surface area contributed by atoms with E-state index in [1.165, 1.54) is 17.5 Å². The molecular formula is C19H22N2O3. The number of carbonyl (C=O) groups is 2. The normalized spacial score (nSPS) is 39.2. The van der Waals surface area contributed by atoms with Crippen molar-refractivity contribution in [3.8, 4) is 0 Å². The number of hydrogen-bond donors (Lipinski definition) is 1. The van der Waals surface area contributed by atoms with Crippen molar-refractivity contribution in [2.24, 2.45) is 11.8 Å². The molecule has 4 aliphatic rings. The summed E-state index contributed by atoms with van der Waals surface area (Å²) in [5, 5.41) is 2.87. The minimum absolute atomic E-state index is 0.0413. The van der Waals surface area contributed by atoms with Crippen LogP contribution in [0.2, 0.25) is 0 Å². The van der Waals surface area contributed by atoms with E-state index in [1.54, 1.807) is 0 Å². The molecule has 126 valence electrons. The number of aryl methyl sites for hydroxylation is 1. The highest BCUT2D eigenvalue weighted by Gasteiger charge is 2.63. The van der Waals surface area contributed by atoms with Gasteiger partial charge in [-0.05, 0) is 37.7 Å². The zero-order valence-electron chi connectivity index (χ0n) is 13.9. The largest absolute Gasteiger partial charge is 0.447 e. The third-order valence-electron chi connectivity index (χ3n) is 6.55. The average molecular weight is 326 g/mol. The molecule has 1 aromatic carbocycles. The van der Waals surface area contributed by atoms with Crippen LogP contribution in [0.15, 0.2) is 24.3 Å². The van der Waals surface area contributed by atoms with Crippen LogP contribution in [0.5, 0.6) is 0 Å². The van der Waals surface area contributed by atoms with Gasteiger partial charge in [-0.2, -0.15) is 0 Å². The van der Waals surface area contributed by atoms with Gasteiger partial charge in [0.1, 0.15) is 6.61 Å². The van der Waals surface area contributed by atoms with Crippen LogP contribution in [0.3, 0.4) is 0 Å². The van der Waals surface area contributed by atoms with Gasteiger partial charge in [-0.15, -0.1) is 0 Å². The Labute approximate surface area is 141 Å². The van der Waals surface area contributed by atoms with Crippen molar-refractivity contribution < 1.29 is 14.3 Å².